The van der Waals surface area contributed by atoms with Gasteiger partial charge in [0.2, 0.25) is 0 Å². The van der Waals surface area contributed by atoms with E-state index in [4.69, 9.17) is 14.0 Å². The lowest BCUT2D eigenvalue weighted by Crippen LogP contribution is -2.36. The minimum absolute atomic E-state index is 0.0456. The molecule has 2 aliphatic rings. The molecule has 3 heterocycles. The Labute approximate surface area is 175 Å². The first kappa shape index (κ1) is 18.8. The number of oxime groups is 1. The molecular formula is C21H18FN3O4S. The van der Waals surface area contributed by atoms with Crippen molar-refractivity contribution in [3.05, 3.63) is 59.6 Å². The monoisotopic (exact) mass is 427 g/mol. The maximum absolute atomic E-state index is 14.5. The number of hydrogen-bond acceptors (Lipinski definition) is 7. The predicted molar refractivity (Wildman–Crippen MR) is 111 cm³/mol. The summed E-state index contributed by atoms with van der Waals surface area (Å²) in [4.78, 5) is 20.5. The largest absolute Gasteiger partial charge is 0.471 e. The topological polar surface area (TPSA) is 76.3 Å². The van der Waals surface area contributed by atoms with Crippen LogP contribution < -0.4 is 9.62 Å². The number of carbonyl (C=O) groups is 1. The molecule has 1 aromatic heterocycles. The van der Waals surface area contributed by atoms with Crippen molar-refractivity contribution in [1.29, 1.82) is 0 Å². The number of benzene rings is 2. The molecule has 5 rings (SSSR count). The standard InChI is InChI=1S/C21H18FN3O4S/c22-16-10-13(25-6-3-7-25)11-17-15(16)12-18(29-17)20(26)24-30-19-5-2-1-4-14(19)21-23-28-9-8-27-21/h1-2,4-5,10-12H,3,6-9H2,(H,24,26). The zero-order valence-electron chi connectivity index (χ0n) is 15.9. The number of amides is 1. The van der Waals surface area contributed by atoms with Gasteiger partial charge in [-0.1, -0.05) is 12.1 Å². The van der Waals surface area contributed by atoms with Gasteiger partial charge in [0.25, 0.3) is 11.8 Å². The average molecular weight is 427 g/mol. The summed E-state index contributed by atoms with van der Waals surface area (Å²) in [5, 5.41) is 4.21. The van der Waals surface area contributed by atoms with E-state index in [-0.39, 0.29) is 11.1 Å². The van der Waals surface area contributed by atoms with E-state index >= 15 is 0 Å². The quantitative estimate of drug-likeness (QED) is 0.622. The van der Waals surface area contributed by atoms with Gasteiger partial charge in [-0.3, -0.25) is 9.52 Å². The SMILES string of the molecule is O=C(NSc1ccccc1C1=NOCCO1)c1cc2c(F)cc(N3CCC3)cc2o1. The number of nitrogens with one attached hydrogen (secondary N) is 1. The second-order valence-corrected chi connectivity index (χ2v) is 7.75. The van der Waals surface area contributed by atoms with E-state index in [2.05, 4.69) is 14.8 Å². The maximum Gasteiger partial charge on any atom is 0.297 e. The fraction of sp³-hybridized carbons (Fsp3) is 0.238. The second kappa shape index (κ2) is 7.91. The molecule has 0 spiro atoms. The zero-order valence-corrected chi connectivity index (χ0v) is 16.7. The van der Waals surface area contributed by atoms with Crippen LogP contribution in [0.3, 0.4) is 0 Å². The van der Waals surface area contributed by atoms with Crippen molar-refractivity contribution in [2.24, 2.45) is 5.16 Å². The van der Waals surface area contributed by atoms with Crippen molar-refractivity contribution in [3.8, 4) is 0 Å². The van der Waals surface area contributed by atoms with E-state index in [1.165, 1.54) is 12.1 Å². The van der Waals surface area contributed by atoms with Crippen molar-refractivity contribution in [2.75, 3.05) is 31.2 Å². The van der Waals surface area contributed by atoms with Gasteiger partial charge in [-0.2, -0.15) is 0 Å². The van der Waals surface area contributed by atoms with Gasteiger partial charge in [-0.25, -0.2) is 4.39 Å². The summed E-state index contributed by atoms with van der Waals surface area (Å²) in [5.41, 5.74) is 1.83. The highest BCUT2D eigenvalue weighted by Crippen LogP contribution is 2.31. The molecule has 30 heavy (non-hydrogen) atoms. The number of nitrogens with zero attached hydrogens (tertiary/aromatic N) is 2. The van der Waals surface area contributed by atoms with E-state index < -0.39 is 11.7 Å². The summed E-state index contributed by atoms with van der Waals surface area (Å²) in [5.74, 6) is -0.450. The summed E-state index contributed by atoms with van der Waals surface area (Å²) in [6, 6.07) is 12.0. The Hall–Kier alpha value is -3.20. The number of carbonyl (C=O) groups excluding carboxylic acids is 1. The Morgan fingerprint density at radius 1 is 1.17 bits per heavy atom. The molecular weight excluding hydrogens is 409 g/mol. The Morgan fingerprint density at radius 2 is 2.03 bits per heavy atom. The minimum Gasteiger partial charge on any atom is -0.471 e. The molecule has 1 N–H and O–H groups in total. The molecule has 1 amide bonds. The normalized spacial score (nSPS) is 15.8. The van der Waals surface area contributed by atoms with Gasteiger partial charge in [0.05, 0.1) is 10.9 Å². The van der Waals surface area contributed by atoms with Gasteiger partial charge in [-0.05, 0) is 41.7 Å². The van der Waals surface area contributed by atoms with Gasteiger partial charge in [-0.15, -0.1) is 0 Å². The van der Waals surface area contributed by atoms with Crippen molar-refractivity contribution >= 4 is 40.4 Å². The van der Waals surface area contributed by atoms with E-state index in [1.807, 2.05) is 24.3 Å². The second-order valence-electron chi connectivity index (χ2n) is 6.90. The molecule has 1 fully saturated rings. The Balaban J connectivity index is 1.34. The van der Waals surface area contributed by atoms with Gasteiger partial charge in [0.15, 0.2) is 12.4 Å². The first-order valence-corrected chi connectivity index (χ1v) is 10.4. The molecule has 2 aromatic carbocycles. The number of hydrogen-bond donors (Lipinski definition) is 1. The van der Waals surface area contributed by atoms with Crippen molar-refractivity contribution < 1.29 is 23.2 Å². The summed E-state index contributed by atoms with van der Waals surface area (Å²) in [6.45, 7) is 2.61. The number of ether oxygens (including phenoxy) is 1. The van der Waals surface area contributed by atoms with Crippen LogP contribution in [0.4, 0.5) is 10.1 Å². The third kappa shape index (κ3) is 3.56. The van der Waals surface area contributed by atoms with Crippen LogP contribution in [0.1, 0.15) is 22.5 Å². The molecule has 9 heteroatoms. The zero-order chi connectivity index (χ0) is 20.5. The Bertz CT molecular complexity index is 1140. The van der Waals surface area contributed by atoms with Crippen LogP contribution in [0.25, 0.3) is 11.0 Å². The van der Waals surface area contributed by atoms with Crippen LogP contribution >= 0.6 is 11.9 Å². The summed E-state index contributed by atoms with van der Waals surface area (Å²) < 4.78 is 28.4. The lowest BCUT2D eigenvalue weighted by Gasteiger charge is -2.33. The number of rotatable bonds is 5. The molecule has 0 unspecified atom stereocenters. The molecule has 3 aromatic rings. The van der Waals surface area contributed by atoms with E-state index in [1.54, 1.807) is 6.07 Å². The Kier molecular flexibility index (Phi) is 4.96. The number of halogens is 1. The molecule has 0 atom stereocenters. The molecule has 0 saturated carbocycles. The van der Waals surface area contributed by atoms with Crippen LogP contribution in [-0.2, 0) is 9.57 Å². The number of fused-ring (bicyclic) bond motifs is 1. The smallest absolute Gasteiger partial charge is 0.297 e. The van der Waals surface area contributed by atoms with Crippen LogP contribution in [0.2, 0.25) is 0 Å². The highest BCUT2D eigenvalue weighted by atomic mass is 32.2. The molecule has 0 radical (unpaired) electrons. The first-order chi connectivity index (χ1) is 14.7. The number of furan rings is 1. The van der Waals surface area contributed by atoms with E-state index in [0.29, 0.717) is 30.3 Å². The molecule has 154 valence electrons. The molecule has 7 nitrogen and oxygen atoms in total. The van der Waals surface area contributed by atoms with E-state index in [9.17, 15) is 9.18 Å². The number of anilines is 1. The van der Waals surface area contributed by atoms with Crippen molar-refractivity contribution in [2.45, 2.75) is 11.3 Å². The maximum atomic E-state index is 14.5. The van der Waals surface area contributed by atoms with Crippen molar-refractivity contribution in [1.82, 2.24) is 4.72 Å². The predicted octanol–water partition coefficient (Wildman–Crippen LogP) is 3.93. The van der Waals surface area contributed by atoms with E-state index in [0.717, 1.165) is 42.0 Å². The van der Waals surface area contributed by atoms with Gasteiger partial charge >= 0.3 is 0 Å². The van der Waals surface area contributed by atoms with Crippen LogP contribution in [0, 0.1) is 5.82 Å². The highest BCUT2D eigenvalue weighted by molar-refractivity contribution is 7.98. The van der Waals surface area contributed by atoms with Crippen LogP contribution in [-0.4, -0.2) is 38.1 Å². The summed E-state index contributed by atoms with van der Waals surface area (Å²) in [7, 11) is 0. The van der Waals surface area contributed by atoms with Crippen LogP contribution in [0.15, 0.2) is 56.9 Å². The lowest BCUT2D eigenvalue weighted by atomic mass is 10.1. The lowest BCUT2D eigenvalue weighted by molar-refractivity contribution is 0.0653. The molecule has 0 bridgehead atoms. The minimum atomic E-state index is -0.460. The fourth-order valence-electron chi connectivity index (χ4n) is 3.27. The molecule has 2 aliphatic heterocycles. The summed E-state index contributed by atoms with van der Waals surface area (Å²) >= 11 is 1.10. The van der Waals surface area contributed by atoms with Gasteiger partial charge < -0.3 is 18.9 Å². The third-order valence-electron chi connectivity index (χ3n) is 4.95. The first-order valence-electron chi connectivity index (χ1n) is 9.56. The average Bonchev–Trinajstić information content (AvgIpc) is 3.17. The van der Waals surface area contributed by atoms with Gasteiger partial charge in [0, 0.05) is 35.8 Å². The van der Waals surface area contributed by atoms with Crippen LogP contribution in [0.5, 0.6) is 0 Å². The Morgan fingerprint density at radius 3 is 2.80 bits per heavy atom. The fourth-order valence-corrected chi connectivity index (χ4v) is 3.98. The highest BCUT2D eigenvalue weighted by Gasteiger charge is 2.21. The third-order valence-corrected chi connectivity index (χ3v) is 5.81. The molecule has 1 saturated heterocycles. The molecule has 0 aliphatic carbocycles. The van der Waals surface area contributed by atoms with Gasteiger partial charge in [0.1, 0.15) is 18.0 Å². The van der Waals surface area contributed by atoms with Crippen molar-refractivity contribution in [3.63, 3.8) is 0 Å². The summed E-state index contributed by atoms with van der Waals surface area (Å²) in [6.07, 6.45) is 1.09.